The van der Waals surface area contributed by atoms with E-state index in [1.807, 2.05) is 64.1 Å². The molecule has 136 valence electrons. The molecule has 0 aliphatic carbocycles. The molecule has 4 heteroatoms. The molecule has 0 fully saturated rings. The number of H-pyrrole nitrogens is 1. The van der Waals surface area contributed by atoms with Gasteiger partial charge in [-0.3, -0.25) is 4.79 Å². The molecule has 2 aromatic carbocycles. The van der Waals surface area contributed by atoms with Gasteiger partial charge in [0.15, 0.2) is 0 Å². The highest BCUT2D eigenvalue weighted by Gasteiger charge is 2.21. The van der Waals surface area contributed by atoms with Crippen LogP contribution < -0.4 is 0 Å². The van der Waals surface area contributed by atoms with Crippen LogP contribution >= 0.6 is 12.6 Å². The normalized spacial score (nSPS) is 11.9. The largest absolute Gasteiger partial charge is 0.355 e. The van der Waals surface area contributed by atoms with E-state index < -0.39 is 0 Å². The monoisotopic (exact) mass is 374 g/mol. The van der Waals surface area contributed by atoms with Crippen LogP contribution in [-0.2, 0) is 0 Å². The van der Waals surface area contributed by atoms with E-state index in [2.05, 4.69) is 23.7 Å². The average Bonchev–Trinajstić information content (AvgIpc) is 3.02. The van der Waals surface area contributed by atoms with Gasteiger partial charge in [-0.25, -0.2) is 0 Å². The second kappa shape index (κ2) is 7.46. The highest BCUT2D eigenvalue weighted by Crippen LogP contribution is 2.30. The first-order valence-electron chi connectivity index (χ1n) is 8.86. The van der Waals surface area contributed by atoms with Gasteiger partial charge in [-0.1, -0.05) is 36.8 Å². The van der Waals surface area contributed by atoms with Gasteiger partial charge >= 0.3 is 0 Å². The molecule has 0 spiro atoms. The molecule has 0 saturated carbocycles. The molecule has 3 aromatic rings. The second-order valence-corrected chi connectivity index (χ2v) is 7.55. The van der Waals surface area contributed by atoms with Gasteiger partial charge in [0.25, 0.3) is 0 Å². The number of benzene rings is 2. The summed E-state index contributed by atoms with van der Waals surface area (Å²) in [7, 11) is 0. The van der Waals surface area contributed by atoms with E-state index in [9.17, 15) is 10.1 Å². The molecule has 0 aliphatic heterocycles. The first kappa shape index (κ1) is 19.0. The number of nitrogens with one attached hydrogen (secondary N) is 1. The van der Waals surface area contributed by atoms with Crippen LogP contribution in [0.2, 0.25) is 0 Å². The Balaban J connectivity index is 1.99. The Kier molecular flexibility index (Phi) is 5.25. The fraction of sp³-hybridized carbons (Fsp3) is 0.217. The van der Waals surface area contributed by atoms with E-state index >= 15 is 0 Å². The number of hydrogen-bond acceptors (Lipinski definition) is 3. The quantitative estimate of drug-likeness (QED) is 0.469. The summed E-state index contributed by atoms with van der Waals surface area (Å²) in [5.41, 5.74) is 6.77. The number of rotatable bonds is 4. The minimum absolute atomic E-state index is 0.00494. The third-order valence-corrected chi connectivity index (χ3v) is 5.26. The lowest BCUT2D eigenvalue weighted by molar-refractivity contribution is 0.103. The lowest BCUT2D eigenvalue weighted by Crippen LogP contribution is -2.07. The number of aromatic amines is 1. The fourth-order valence-electron chi connectivity index (χ4n) is 3.44. The van der Waals surface area contributed by atoms with Crippen molar-refractivity contribution in [2.24, 2.45) is 0 Å². The lowest BCUT2D eigenvalue weighted by atomic mass is 9.93. The van der Waals surface area contributed by atoms with E-state index in [4.69, 9.17) is 0 Å². The number of hydrogen-bond donors (Lipinski definition) is 2. The van der Waals surface area contributed by atoms with Gasteiger partial charge in [-0.05, 0) is 55.7 Å². The van der Waals surface area contributed by atoms with Crippen LogP contribution in [-0.4, -0.2) is 10.8 Å². The highest BCUT2D eigenvalue weighted by molar-refractivity contribution is 7.80. The summed E-state index contributed by atoms with van der Waals surface area (Å²) in [4.78, 5) is 17.1. The predicted molar refractivity (Wildman–Crippen MR) is 111 cm³/mol. The van der Waals surface area contributed by atoms with Crippen molar-refractivity contribution in [2.45, 2.75) is 38.5 Å². The fourth-order valence-corrected chi connectivity index (χ4v) is 3.65. The number of thiol groups is 1. The summed E-state index contributed by atoms with van der Waals surface area (Å²) in [5, 5.41) is 9.44. The van der Waals surface area contributed by atoms with Crippen molar-refractivity contribution in [3.63, 3.8) is 0 Å². The van der Waals surface area contributed by atoms with E-state index in [1.54, 1.807) is 6.07 Å². The Labute approximate surface area is 165 Å². The molecule has 1 N–H and O–H groups in total. The molecule has 3 rings (SSSR count). The first-order chi connectivity index (χ1) is 12.8. The smallest absolute Gasteiger partial charge is 0.209 e. The number of aryl methyl sites for hydroxylation is 3. The molecular formula is C23H22N2OS. The minimum Gasteiger partial charge on any atom is -0.355 e. The lowest BCUT2D eigenvalue weighted by Gasteiger charge is -2.13. The van der Waals surface area contributed by atoms with Gasteiger partial charge in [0, 0.05) is 22.1 Å². The molecule has 1 unspecified atom stereocenters. The molecule has 27 heavy (non-hydrogen) atoms. The van der Waals surface area contributed by atoms with Crippen LogP contribution in [0.4, 0.5) is 0 Å². The van der Waals surface area contributed by atoms with Crippen LogP contribution in [0.15, 0.2) is 47.4 Å². The number of nitriles is 1. The minimum atomic E-state index is -0.0343. The number of nitrogens with zero attached hydrogens (tertiary/aromatic N) is 1. The zero-order valence-corrected chi connectivity index (χ0v) is 16.8. The Bertz CT molecular complexity index is 1070. The van der Waals surface area contributed by atoms with E-state index in [0.29, 0.717) is 16.8 Å². The van der Waals surface area contributed by atoms with E-state index in [0.717, 1.165) is 32.8 Å². The van der Waals surface area contributed by atoms with E-state index in [1.165, 1.54) is 0 Å². The third-order valence-electron chi connectivity index (χ3n) is 4.98. The number of ketones is 1. The maximum absolute atomic E-state index is 13.0. The number of carbonyl (C=O) groups excluding carboxylic acids is 1. The van der Waals surface area contributed by atoms with Crippen LogP contribution in [0.1, 0.15) is 62.4 Å². The Morgan fingerprint density at radius 2 is 1.81 bits per heavy atom. The molecule has 0 aliphatic rings. The summed E-state index contributed by atoms with van der Waals surface area (Å²) in [6.45, 7) is 7.95. The Morgan fingerprint density at radius 1 is 1.07 bits per heavy atom. The Morgan fingerprint density at radius 3 is 2.48 bits per heavy atom. The van der Waals surface area contributed by atoms with Crippen molar-refractivity contribution < 1.29 is 4.79 Å². The summed E-state index contributed by atoms with van der Waals surface area (Å²) < 4.78 is 0. The van der Waals surface area contributed by atoms with Gasteiger partial charge in [-0.15, -0.1) is 12.6 Å². The van der Waals surface area contributed by atoms with Gasteiger partial charge < -0.3 is 4.98 Å². The number of carbonyl (C=O) groups is 1. The summed E-state index contributed by atoms with van der Waals surface area (Å²) in [6.07, 6.45) is 0. The maximum Gasteiger partial charge on any atom is 0.209 e. The zero-order valence-electron chi connectivity index (χ0n) is 15.9. The molecular weight excluding hydrogens is 352 g/mol. The first-order valence-corrected chi connectivity index (χ1v) is 9.31. The second-order valence-electron chi connectivity index (χ2n) is 7.04. The standard InChI is InChI=1S/C23H22N2OS/c1-13-5-7-19(14(2)9-13)23(26)22-15(3)10-21(25-22)16(4)20-8-6-18(27)11-17(20)12-24/h5-11,16,25,27H,1-4H3. The van der Waals surface area contributed by atoms with Crippen LogP contribution in [0.25, 0.3) is 0 Å². The van der Waals surface area contributed by atoms with Crippen LogP contribution in [0.5, 0.6) is 0 Å². The predicted octanol–water partition coefficient (Wildman–Crippen LogP) is 5.48. The van der Waals surface area contributed by atoms with Crippen molar-refractivity contribution in [3.05, 3.63) is 87.2 Å². The molecule has 1 heterocycles. The molecule has 3 nitrogen and oxygen atoms in total. The van der Waals surface area contributed by atoms with Crippen LogP contribution in [0, 0.1) is 32.1 Å². The molecule has 0 radical (unpaired) electrons. The Hall–Kier alpha value is -2.77. The topological polar surface area (TPSA) is 56.6 Å². The van der Waals surface area contributed by atoms with Crippen molar-refractivity contribution in [1.82, 2.24) is 4.98 Å². The molecule has 0 bridgehead atoms. The van der Waals surface area contributed by atoms with Gasteiger partial charge in [0.05, 0.1) is 17.3 Å². The van der Waals surface area contributed by atoms with Crippen molar-refractivity contribution >= 4 is 18.4 Å². The van der Waals surface area contributed by atoms with E-state index in [-0.39, 0.29) is 11.7 Å². The van der Waals surface area contributed by atoms with Crippen molar-refractivity contribution in [2.75, 3.05) is 0 Å². The van der Waals surface area contributed by atoms with Gasteiger partial charge in [0.1, 0.15) is 0 Å². The SMILES string of the molecule is Cc1ccc(C(=O)c2[nH]c(C(C)c3ccc(S)cc3C#N)cc2C)c(C)c1. The zero-order chi connectivity index (χ0) is 19.7. The summed E-state index contributed by atoms with van der Waals surface area (Å²) in [5.74, 6) is -0.0392. The van der Waals surface area contributed by atoms with Gasteiger partial charge in [-0.2, -0.15) is 5.26 Å². The maximum atomic E-state index is 13.0. The average molecular weight is 375 g/mol. The molecule has 0 saturated heterocycles. The third kappa shape index (κ3) is 3.70. The molecule has 1 atom stereocenters. The van der Waals surface area contributed by atoms with Crippen molar-refractivity contribution in [1.29, 1.82) is 5.26 Å². The van der Waals surface area contributed by atoms with Crippen LogP contribution in [0.3, 0.4) is 0 Å². The van der Waals surface area contributed by atoms with Crippen molar-refractivity contribution in [3.8, 4) is 6.07 Å². The number of aromatic nitrogens is 1. The summed E-state index contributed by atoms with van der Waals surface area (Å²) in [6, 6.07) is 15.7. The highest BCUT2D eigenvalue weighted by atomic mass is 32.1. The molecule has 1 aromatic heterocycles. The molecule has 0 amide bonds. The summed E-state index contributed by atoms with van der Waals surface area (Å²) >= 11 is 4.31. The van der Waals surface area contributed by atoms with Gasteiger partial charge in [0.2, 0.25) is 5.78 Å².